The quantitative estimate of drug-likeness (QED) is 0.375. The summed E-state index contributed by atoms with van der Waals surface area (Å²) in [7, 11) is 0. The fourth-order valence-corrected chi connectivity index (χ4v) is 1.69. The Morgan fingerprint density at radius 1 is 0.750 bits per heavy atom. The zero-order chi connectivity index (χ0) is 11.9. The second kappa shape index (κ2) is 14.2. The van der Waals surface area contributed by atoms with Gasteiger partial charge in [0.1, 0.15) is 0 Å². The summed E-state index contributed by atoms with van der Waals surface area (Å²) in [6, 6.07) is 0. The molecule has 0 nitrogen and oxygen atoms in total. The van der Waals surface area contributed by atoms with Gasteiger partial charge in [0, 0.05) is 0 Å². The van der Waals surface area contributed by atoms with Crippen LogP contribution in [0.25, 0.3) is 0 Å². The zero-order valence-corrected chi connectivity index (χ0v) is 10.8. The van der Waals surface area contributed by atoms with Gasteiger partial charge >= 0.3 is 0 Å². The Labute approximate surface area is 102 Å². The normalized spacial score (nSPS) is 13.8. The van der Waals surface area contributed by atoms with E-state index in [9.17, 15) is 0 Å². The van der Waals surface area contributed by atoms with Crippen molar-refractivity contribution in [3.05, 3.63) is 37.5 Å². The molecule has 0 aliphatic heterocycles. The van der Waals surface area contributed by atoms with Gasteiger partial charge in [0.2, 0.25) is 0 Å². The average molecular weight is 220 g/mol. The van der Waals surface area contributed by atoms with Crippen LogP contribution in [0.15, 0.2) is 37.5 Å². The summed E-state index contributed by atoms with van der Waals surface area (Å²) < 4.78 is 0. The van der Waals surface area contributed by atoms with Crippen LogP contribution in [0, 0.1) is 0 Å². The van der Waals surface area contributed by atoms with Crippen molar-refractivity contribution in [1.82, 2.24) is 0 Å². The lowest BCUT2D eigenvalue weighted by molar-refractivity contribution is 0.653. The summed E-state index contributed by atoms with van der Waals surface area (Å²) in [5.41, 5.74) is 0. The molecule has 0 heterocycles. The van der Waals surface area contributed by atoms with E-state index in [2.05, 4.69) is 25.3 Å². The minimum absolute atomic E-state index is 1.17. The lowest BCUT2D eigenvalue weighted by atomic mass is 10.1. The second-order valence-corrected chi connectivity index (χ2v) is 4.32. The van der Waals surface area contributed by atoms with Gasteiger partial charge in [-0.05, 0) is 51.4 Å². The molecule has 0 unspecified atom stereocenters. The number of unbranched alkanes of at least 4 members (excludes halogenated alkanes) is 5. The van der Waals surface area contributed by atoms with E-state index in [-0.39, 0.29) is 0 Å². The SMILES string of the molecule is C1=CCCCC1.C=CCCCCCCC=C. The molecule has 16 heavy (non-hydrogen) atoms. The molecule has 0 aromatic heterocycles. The Hall–Kier alpha value is -0.780. The first-order valence-corrected chi connectivity index (χ1v) is 6.78. The van der Waals surface area contributed by atoms with Crippen LogP contribution in [0.2, 0.25) is 0 Å². The number of hydrogen-bond donors (Lipinski definition) is 0. The molecule has 1 aliphatic carbocycles. The molecule has 1 rings (SSSR count). The minimum atomic E-state index is 1.17. The van der Waals surface area contributed by atoms with Crippen LogP contribution in [-0.4, -0.2) is 0 Å². The molecule has 0 amide bonds. The third kappa shape index (κ3) is 13.2. The lowest BCUT2D eigenvalue weighted by Crippen LogP contribution is -1.77. The molecule has 0 saturated carbocycles. The molecule has 92 valence electrons. The molecule has 0 saturated heterocycles. The Kier molecular flexibility index (Phi) is 13.5. The fraction of sp³-hybridized carbons (Fsp3) is 0.625. The van der Waals surface area contributed by atoms with Crippen molar-refractivity contribution in [3.63, 3.8) is 0 Å². The van der Waals surface area contributed by atoms with E-state index in [1.54, 1.807) is 0 Å². The summed E-state index contributed by atoms with van der Waals surface area (Å²) in [6.07, 6.45) is 21.6. The summed E-state index contributed by atoms with van der Waals surface area (Å²) in [5, 5.41) is 0. The van der Waals surface area contributed by atoms with E-state index in [4.69, 9.17) is 0 Å². The van der Waals surface area contributed by atoms with Gasteiger partial charge in [0.05, 0.1) is 0 Å². The zero-order valence-electron chi connectivity index (χ0n) is 10.8. The molecule has 0 aromatic rings. The highest BCUT2D eigenvalue weighted by atomic mass is 13.9. The van der Waals surface area contributed by atoms with Crippen molar-refractivity contribution < 1.29 is 0 Å². The highest BCUT2D eigenvalue weighted by Gasteiger charge is 1.87. The molecule has 0 radical (unpaired) electrons. The summed E-state index contributed by atoms with van der Waals surface area (Å²) in [4.78, 5) is 0. The molecular formula is C16H28. The molecule has 1 aliphatic rings. The van der Waals surface area contributed by atoms with E-state index >= 15 is 0 Å². The van der Waals surface area contributed by atoms with Crippen LogP contribution in [0.1, 0.15) is 64.2 Å². The maximum absolute atomic E-state index is 3.68. The van der Waals surface area contributed by atoms with E-state index in [0.717, 1.165) is 0 Å². The van der Waals surface area contributed by atoms with Gasteiger partial charge in [0.25, 0.3) is 0 Å². The van der Waals surface area contributed by atoms with Gasteiger partial charge in [-0.15, -0.1) is 13.2 Å². The van der Waals surface area contributed by atoms with Crippen LogP contribution in [-0.2, 0) is 0 Å². The van der Waals surface area contributed by atoms with Gasteiger partial charge in [-0.25, -0.2) is 0 Å². The predicted octanol–water partition coefficient (Wildman–Crippen LogP) is 5.82. The van der Waals surface area contributed by atoms with Gasteiger partial charge < -0.3 is 0 Å². The second-order valence-electron chi connectivity index (χ2n) is 4.32. The van der Waals surface area contributed by atoms with Crippen LogP contribution in [0.4, 0.5) is 0 Å². The van der Waals surface area contributed by atoms with Crippen molar-refractivity contribution in [2.75, 3.05) is 0 Å². The Morgan fingerprint density at radius 2 is 1.19 bits per heavy atom. The smallest absolute Gasteiger partial charge is 0.0351 e. The van der Waals surface area contributed by atoms with Crippen molar-refractivity contribution in [3.8, 4) is 0 Å². The first-order chi connectivity index (χ1) is 7.91. The maximum Gasteiger partial charge on any atom is -0.0351 e. The largest absolute Gasteiger partial charge is 0.103 e. The third-order valence-electron chi connectivity index (χ3n) is 2.72. The minimum Gasteiger partial charge on any atom is -0.103 e. The molecule has 0 N–H and O–H groups in total. The van der Waals surface area contributed by atoms with Crippen molar-refractivity contribution in [1.29, 1.82) is 0 Å². The maximum atomic E-state index is 3.68. The molecule has 0 fully saturated rings. The van der Waals surface area contributed by atoms with Gasteiger partial charge in [0.15, 0.2) is 0 Å². The molecule has 0 bridgehead atoms. The molecular weight excluding hydrogens is 192 g/mol. The third-order valence-corrected chi connectivity index (χ3v) is 2.72. The van der Waals surface area contributed by atoms with Crippen LogP contribution in [0.3, 0.4) is 0 Å². The monoisotopic (exact) mass is 220 g/mol. The van der Waals surface area contributed by atoms with Crippen molar-refractivity contribution in [2.45, 2.75) is 64.2 Å². The Balaban J connectivity index is 0.000000315. The van der Waals surface area contributed by atoms with Crippen molar-refractivity contribution in [2.24, 2.45) is 0 Å². The van der Waals surface area contributed by atoms with Crippen LogP contribution in [0.5, 0.6) is 0 Å². The number of hydrogen-bond acceptors (Lipinski definition) is 0. The topological polar surface area (TPSA) is 0 Å². The Bertz CT molecular complexity index is 156. The number of allylic oxidation sites excluding steroid dienone is 4. The number of rotatable bonds is 7. The predicted molar refractivity (Wildman–Crippen MR) is 75.7 cm³/mol. The average Bonchev–Trinajstić information content (AvgIpc) is 2.37. The Morgan fingerprint density at radius 3 is 1.44 bits per heavy atom. The van der Waals surface area contributed by atoms with Crippen LogP contribution >= 0.6 is 0 Å². The van der Waals surface area contributed by atoms with Crippen LogP contribution < -0.4 is 0 Å². The van der Waals surface area contributed by atoms with Gasteiger partial charge in [-0.1, -0.05) is 37.1 Å². The van der Waals surface area contributed by atoms with Crippen molar-refractivity contribution >= 4 is 0 Å². The molecule has 0 aromatic carbocycles. The highest BCUT2D eigenvalue weighted by Crippen LogP contribution is 2.07. The van der Waals surface area contributed by atoms with E-state index in [1.165, 1.54) is 64.2 Å². The fourth-order valence-electron chi connectivity index (χ4n) is 1.69. The first-order valence-electron chi connectivity index (χ1n) is 6.78. The van der Waals surface area contributed by atoms with E-state index in [0.29, 0.717) is 0 Å². The molecule has 0 spiro atoms. The van der Waals surface area contributed by atoms with E-state index in [1.807, 2.05) is 12.2 Å². The summed E-state index contributed by atoms with van der Waals surface area (Å²) in [5.74, 6) is 0. The molecule has 0 heteroatoms. The standard InChI is InChI=1S/C10H18.C6H10/c1-3-5-7-9-10-8-6-4-2;1-2-4-6-5-3-1/h3-4H,1-2,5-10H2;1-2H,3-6H2. The molecule has 0 atom stereocenters. The highest BCUT2D eigenvalue weighted by molar-refractivity contribution is 4.85. The lowest BCUT2D eigenvalue weighted by Gasteiger charge is -1.97. The van der Waals surface area contributed by atoms with E-state index < -0.39 is 0 Å². The van der Waals surface area contributed by atoms with Gasteiger partial charge in [-0.3, -0.25) is 0 Å². The first kappa shape index (κ1) is 15.2. The summed E-state index contributed by atoms with van der Waals surface area (Å²) in [6.45, 7) is 7.36. The summed E-state index contributed by atoms with van der Waals surface area (Å²) >= 11 is 0. The van der Waals surface area contributed by atoms with Gasteiger partial charge in [-0.2, -0.15) is 0 Å².